The molecule has 1 N–H and O–H groups in total. The van der Waals surface area contributed by atoms with Crippen LogP contribution >= 0.6 is 32.9 Å². The summed E-state index contributed by atoms with van der Waals surface area (Å²) < 4.78 is 0. The van der Waals surface area contributed by atoms with E-state index in [1.54, 1.807) is 0 Å². The maximum absolute atomic E-state index is 3.40. The van der Waals surface area contributed by atoms with E-state index in [2.05, 4.69) is 21.2 Å². The lowest BCUT2D eigenvalue weighted by Crippen LogP contribution is -2.06. The number of halogens is 2. The van der Waals surface area contributed by atoms with E-state index in [0.717, 1.165) is 5.33 Å². The quantitative estimate of drug-likeness (QED) is 0.580. The average molecular weight is 275 g/mol. The van der Waals surface area contributed by atoms with Gasteiger partial charge >= 0.3 is 0 Å². The van der Waals surface area contributed by atoms with Crippen molar-refractivity contribution in [2.45, 2.75) is 25.7 Å². The zero-order valence-electron chi connectivity index (χ0n) is 6.53. The van der Waals surface area contributed by atoms with Gasteiger partial charge in [-0.25, -0.2) is 0 Å². The number of alkyl halides is 1. The second-order valence-electron chi connectivity index (χ2n) is 2.21. The standard InChI is InChI=1S/C7H16BrN.BrH/c1-9-7-5-3-2-4-6-8;/h9H,2-7H2,1H3;1H. The second kappa shape index (κ2) is 12.6. The van der Waals surface area contributed by atoms with Gasteiger partial charge in [0.2, 0.25) is 0 Å². The lowest BCUT2D eigenvalue weighted by molar-refractivity contribution is 0.638. The smallest absolute Gasteiger partial charge is 0.00313 e. The van der Waals surface area contributed by atoms with Gasteiger partial charge in [0.05, 0.1) is 0 Å². The van der Waals surface area contributed by atoms with Crippen molar-refractivity contribution in [2.24, 2.45) is 0 Å². The summed E-state index contributed by atoms with van der Waals surface area (Å²) in [5.41, 5.74) is 0. The molecule has 3 heteroatoms. The Hall–Kier alpha value is 0.920. The van der Waals surface area contributed by atoms with Gasteiger partial charge in [-0.15, -0.1) is 17.0 Å². The minimum Gasteiger partial charge on any atom is -0.320 e. The van der Waals surface area contributed by atoms with Crippen molar-refractivity contribution in [2.75, 3.05) is 18.9 Å². The highest BCUT2D eigenvalue weighted by atomic mass is 79.9. The summed E-state index contributed by atoms with van der Waals surface area (Å²) in [7, 11) is 2.00. The number of unbranched alkanes of at least 4 members (excludes halogenated alkanes) is 3. The van der Waals surface area contributed by atoms with Crippen LogP contribution in [0.1, 0.15) is 25.7 Å². The van der Waals surface area contributed by atoms with Gasteiger partial charge in [-0.2, -0.15) is 0 Å². The molecular weight excluding hydrogens is 258 g/mol. The van der Waals surface area contributed by atoms with Crippen LogP contribution in [0.3, 0.4) is 0 Å². The molecule has 0 unspecified atom stereocenters. The minimum absolute atomic E-state index is 0. The zero-order chi connectivity index (χ0) is 6.95. The molecule has 0 aromatic carbocycles. The summed E-state index contributed by atoms with van der Waals surface area (Å²) >= 11 is 3.40. The topological polar surface area (TPSA) is 12.0 Å². The monoisotopic (exact) mass is 273 g/mol. The number of nitrogens with one attached hydrogen (secondary N) is 1. The van der Waals surface area contributed by atoms with Crippen molar-refractivity contribution < 1.29 is 0 Å². The molecule has 0 atom stereocenters. The summed E-state index contributed by atoms with van der Waals surface area (Å²) in [5.74, 6) is 0. The van der Waals surface area contributed by atoms with E-state index in [9.17, 15) is 0 Å². The van der Waals surface area contributed by atoms with Crippen LogP contribution in [0.15, 0.2) is 0 Å². The molecule has 0 amide bonds. The van der Waals surface area contributed by atoms with Crippen LogP contribution in [0.2, 0.25) is 0 Å². The molecule has 0 radical (unpaired) electrons. The molecule has 0 aliphatic carbocycles. The third kappa shape index (κ3) is 11.7. The summed E-state index contributed by atoms with van der Waals surface area (Å²) in [4.78, 5) is 0. The SMILES string of the molecule is Br.CNCCCCCCBr. The van der Waals surface area contributed by atoms with Gasteiger partial charge in [0.1, 0.15) is 0 Å². The first kappa shape index (κ1) is 13.5. The van der Waals surface area contributed by atoms with Gasteiger partial charge in [0.25, 0.3) is 0 Å². The number of rotatable bonds is 6. The summed E-state index contributed by atoms with van der Waals surface area (Å²) in [6.45, 7) is 1.17. The number of hydrogen-bond acceptors (Lipinski definition) is 1. The zero-order valence-corrected chi connectivity index (χ0v) is 9.83. The van der Waals surface area contributed by atoms with Gasteiger partial charge in [-0.3, -0.25) is 0 Å². The van der Waals surface area contributed by atoms with Crippen molar-refractivity contribution >= 4 is 32.9 Å². The molecule has 64 valence electrons. The Labute approximate surface area is 82.9 Å². The van der Waals surface area contributed by atoms with Gasteiger partial charge in [0, 0.05) is 5.33 Å². The van der Waals surface area contributed by atoms with Crippen LogP contribution in [0, 0.1) is 0 Å². The summed E-state index contributed by atoms with van der Waals surface area (Å²) in [6, 6.07) is 0. The first-order valence-electron chi connectivity index (χ1n) is 3.62. The Balaban J connectivity index is 0. The Bertz CT molecular complexity index is 44.9. The Morgan fingerprint density at radius 2 is 1.70 bits per heavy atom. The highest BCUT2D eigenvalue weighted by molar-refractivity contribution is 9.09. The van der Waals surface area contributed by atoms with Crippen LogP contribution in [0.25, 0.3) is 0 Å². The Morgan fingerprint density at radius 3 is 2.20 bits per heavy atom. The van der Waals surface area contributed by atoms with E-state index >= 15 is 0 Å². The highest BCUT2D eigenvalue weighted by Gasteiger charge is 1.85. The average Bonchev–Trinajstić information content (AvgIpc) is 1.89. The first-order chi connectivity index (χ1) is 4.41. The van der Waals surface area contributed by atoms with Crippen molar-refractivity contribution in [3.63, 3.8) is 0 Å². The normalized spacial score (nSPS) is 9.00. The van der Waals surface area contributed by atoms with Crippen LogP contribution in [0.4, 0.5) is 0 Å². The van der Waals surface area contributed by atoms with Crippen molar-refractivity contribution in [1.82, 2.24) is 5.32 Å². The van der Waals surface area contributed by atoms with E-state index < -0.39 is 0 Å². The van der Waals surface area contributed by atoms with Crippen LogP contribution < -0.4 is 5.32 Å². The van der Waals surface area contributed by atoms with E-state index in [1.165, 1.54) is 32.2 Å². The van der Waals surface area contributed by atoms with E-state index in [0.29, 0.717) is 0 Å². The molecule has 0 spiro atoms. The van der Waals surface area contributed by atoms with Crippen LogP contribution in [0.5, 0.6) is 0 Å². The molecule has 0 aliphatic heterocycles. The van der Waals surface area contributed by atoms with Gasteiger partial charge in [-0.1, -0.05) is 28.8 Å². The Kier molecular flexibility index (Phi) is 17.0. The summed E-state index contributed by atoms with van der Waals surface area (Å²) in [6.07, 6.45) is 5.38. The predicted molar refractivity (Wildman–Crippen MR) is 56.5 cm³/mol. The largest absolute Gasteiger partial charge is 0.320 e. The molecule has 0 aromatic heterocycles. The summed E-state index contributed by atoms with van der Waals surface area (Å²) in [5, 5.41) is 4.29. The number of hydrogen-bond donors (Lipinski definition) is 1. The molecule has 0 saturated carbocycles. The van der Waals surface area contributed by atoms with Crippen molar-refractivity contribution in [3.8, 4) is 0 Å². The maximum atomic E-state index is 3.40. The highest BCUT2D eigenvalue weighted by Crippen LogP contribution is 2.00. The molecule has 0 aliphatic rings. The van der Waals surface area contributed by atoms with Crippen LogP contribution in [-0.2, 0) is 0 Å². The van der Waals surface area contributed by atoms with E-state index in [4.69, 9.17) is 0 Å². The lowest BCUT2D eigenvalue weighted by Gasteiger charge is -1.96. The van der Waals surface area contributed by atoms with E-state index in [1.807, 2.05) is 7.05 Å². The molecule has 0 aromatic rings. The molecule has 0 fully saturated rings. The van der Waals surface area contributed by atoms with Crippen molar-refractivity contribution in [3.05, 3.63) is 0 Å². The van der Waals surface area contributed by atoms with E-state index in [-0.39, 0.29) is 17.0 Å². The van der Waals surface area contributed by atoms with Gasteiger partial charge < -0.3 is 5.32 Å². The molecule has 10 heavy (non-hydrogen) atoms. The fourth-order valence-corrected chi connectivity index (χ4v) is 1.15. The molecule has 0 heterocycles. The van der Waals surface area contributed by atoms with Crippen LogP contribution in [-0.4, -0.2) is 18.9 Å². The molecule has 0 rings (SSSR count). The first-order valence-corrected chi connectivity index (χ1v) is 4.74. The second-order valence-corrected chi connectivity index (χ2v) is 3.00. The Morgan fingerprint density at radius 1 is 1.10 bits per heavy atom. The molecule has 0 bridgehead atoms. The predicted octanol–water partition coefficient (Wildman–Crippen LogP) is 2.74. The lowest BCUT2D eigenvalue weighted by atomic mass is 10.2. The fraction of sp³-hybridized carbons (Fsp3) is 1.00. The maximum Gasteiger partial charge on any atom is 0.00313 e. The molecule has 0 saturated heterocycles. The molecule has 1 nitrogen and oxygen atoms in total. The van der Waals surface area contributed by atoms with Gasteiger partial charge in [0.15, 0.2) is 0 Å². The van der Waals surface area contributed by atoms with Gasteiger partial charge in [-0.05, 0) is 26.4 Å². The third-order valence-corrected chi connectivity index (χ3v) is 1.87. The minimum atomic E-state index is 0. The van der Waals surface area contributed by atoms with Crippen molar-refractivity contribution in [1.29, 1.82) is 0 Å². The molecular formula is C7H17Br2N. The fourth-order valence-electron chi connectivity index (χ4n) is 0.750. The third-order valence-electron chi connectivity index (χ3n) is 1.31.